The molecule has 0 unspecified atom stereocenters. The Kier molecular flexibility index (Phi) is 8.69. The minimum atomic E-state index is -3.53. The number of anilines is 2. The smallest absolute Gasteiger partial charge is 0.255 e. The Morgan fingerprint density at radius 3 is 2.50 bits per heavy atom. The van der Waals surface area contributed by atoms with Crippen molar-refractivity contribution in [3.63, 3.8) is 0 Å². The molecule has 2 N–H and O–H groups in total. The van der Waals surface area contributed by atoms with E-state index in [0.29, 0.717) is 48.1 Å². The molecule has 2 aromatic carbocycles. The molecule has 1 aliphatic rings. The molecule has 1 aliphatic heterocycles. The zero-order chi connectivity index (χ0) is 27.3. The van der Waals surface area contributed by atoms with Gasteiger partial charge in [-0.15, -0.1) is 0 Å². The van der Waals surface area contributed by atoms with Gasteiger partial charge in [-0.05, 0) is 55.5 Å². The monoisotopic (exact) mass is 554 g/mol. The molecule has 4 rings (SSSR count). The predicted octanol–water partition coefficient (Wildman–Crippen LogP) is 4.62. The number of carbonyl (C=O) groups is 2. The van der Waals surface area contributed by atoms with Crippen molar-refractivity contribution in [2.24, 2.45) is 5.92 Å². The summed E-state index contributed by atoms with van der Waals surface area (Å²) in [4.78, 5) is 31.9. The summed E-state index contributed by atoms with van der Waals surface area (Å²) in [5.74, 6) is 0.329. The molecule has 0 saturated carbocycles. The lowest BCUT2D eigenvalue weighted by Crippen LogP contribution is -2.37. The van der Waals surface area contributed by atoms with E-state index >= 15 is 0 Å². The van der Waals surface area contributed by atoms with E-state index in [0.717, 1.165) is 30.2 Å². The van der Waals surface area contributed by atoms with E-state index in [1.807, 2.05) is 30.0 Å². The van der Waals surface area contributed by atoms with Gasteiger partial charge in [0.15, 0.2) is 15.7 Å². The zero-order valence-corrected chi connectivity index (χ0v) is 23.0. The maximum Gasteiger partial charge on any atom is 0.255 e. The van der Waals surface area contributed by atoms with Crippen LogP contribution in [0.15, 0.2) is 65.7 Å². The maximum atomic E-state index is 12.9. The number of aryl methyl sites for hydroxylation is 1. The van der Waals surface area contributed by atoms with E-state index in [4.69, 9.17) is 11.6 Å². The maximum absolute atomic E-state index is 12.9. The number of pyridine rings is 1. The van der Waals surface area contributed by atoms with Gasteiger partial charge in [-0.3, -0.25) is 9.59 Å². The molecule has 2 heterocycles. The van der Waals surface area contributed by atoms with Crippen molar-refractivity contribution >= 4 is 44.8 Å². The summed E-state index contributed by atoms with van der Waals surface area (Å²) in [6.45, 7) is 3.78. The van der Waals surface area contributed by atoms with E-state index in [1.165, 1.54) is 12.3 Å². The highest BCUT2D eigenvalue weighted by molar-refractivity contribution is 7.90. The minimum Gasteiger partial charge on any atom is -0.355 e. The van der Waals surface area contributed by atoms with Crippen LogP contribution in [0, 0.1) is 12.8 Å². The molecule has 0 bridgehead atoms. The fourth-order valence-corrected chi connectivity index (χ4v) is 5.28. The van der Waals surface area contributed by atoms with Crippen LogP contribution >= 0.6 is 11.6 Å². The van der Waals surface area contributed by atoms with Crippen molar-refractivity contribution in [2.45, 2.75) is 37.6 Å². The number of nitrogens with one attached hydrogen (secondary N) is 2. The van der Waals surface area contributed by atoms with Crippen LogP contribution in [-0.2, 0) is 21.2 Å². The summed E-state index contributed by atoms with van der Waals surface area (Å²) in [5, 5.41) is 6.24. The van der Waals surface area contributed by atoms with E-state index in [9.17, 15) is 18.0 Å². The third-order valence-electron chi connectivity index (χ3n) is 6.57. The zero-order valence-electron chi connectivity index (χ0n) is 21.4. The average molecular weight is 555 g/mol. The topological polar surface area (TPSA) is 108 Å². The van der Waals surface area contributed by atoms with Crippen LogP contribution in [0.1, 0.15) is 40.7 Å². The number of sulfone groups is 1. The first-order valence-electron chi connectivity index (χ1n) is 12.4. The van der Waals surface area contributed by atoms with Crippen molar-refractivity contribution in [3.8, 4) is 0 Å². The van der Waals surface area contributed by atoms with Crippen LogP contribution in [0.3, 0.4) is 0 Å². The summed E-state index contributed by atoms with van der Waals surface area (Å²) in [6, 6.07) is 16.0. The Bertz CT molecular complexity index is 1440. The molecule has 3 aromatic rings. The van der Waals surface area contributed by atoms with Crippen LogP contribution in [-0.4, -0.2) is 44.6 Å². The second-order valence-corrected chi connectivity index (χ2v) is 12.1. The number of piperidine rings is 1. The van der Waals surface area contributed by atoms with Gasteiger partial charge in [0.2, 0.25) is 5.91 Å². The van der Waals surface area contributed by atoms with Crippen molar-refractivity contribution in [3.05, 3.63) is 82.5 Å². The molecular formula is C28H31ClN4O4S. The molecule has 10 heteroatoms. The van der Waals surface area contributed by atoms with Crippen molar-refractivity contribution in [1.29, 1.82) is 0 Å². The summed E-state index contributed by atoms with van der Waals surface area (Å²) in [5.41, 5.74) is 2.89. The quantitative estimate of drug-likeness (QED) is 0.420. The molecule has 200 valence electrons. The van der Waals surface area contributed by atoms with Crippen LogP contribution < -0.4 is 15.5 Å². The third-order valence-corrected chi connectivity index (χ3v) is 7.88. The summed E-state index contributed by atoms with van der Waals surface area (Å²) in [6.07, 6.45) is 4.40. The van der Waals surface area contributed by atoms with Gasteiger partial charge < -0.3 is 15.5 Å². The Labute approximate surface area is 228 Å². The van der Waals surface area contributed by atoms with Gasteiger partial charge in [-0.2, -0.15) is 0 Å². The van der Waals surface area contributed by atoms with Crippen molar-refractivity contribution in [2.75, 3.05) is 29.6 Å². The SMILES string of the molecule is Cc1cccc(CNC(=O)CC2CCN(c3ncc(S(C)(=O)=O)cc3NC(=O)c3cccc(Cl)c3)CC2)c1. The van der Waals surface area contributed by atoms with Gasteiger partial charge in [-0.1, -0.05) is 47.5 Å². The first-order chi connectivity index (χ1) is 18.1. The van der Waals surface area contributed by atoms with Crippen LogP contribution in [0.2, 0.25) is 5.02 Å². The minimum absolute atomic E-state index is 0.0165. The molecule has 0 atom stereocenters. The second kappa shape index (κ2) is 12.0. The van der Waals surface area contributed by atoms with E-state index < -0.39 is 15.7 Å². The average Bonchev–Trinajstić information content (AvgIpc) is 2.87. The molecule has 1 fully saturated rings. The number of carbonyl (C=O) groups excluding carboxylic acids is 2. The van der Waals surface area contributed by atoms with Crippen LogP contribution in [0.25, 0.3) is 0 Å². The highest BCUT2D eigenvalue weighted by Gasteiger charge is 2.25. The van der Waals surface area contributed by atoms with E-state index in [1.54, 1.807) is 24.3 Å². The number of nitrogens with zero attached hydrogens (tertiary/aromatic N) is 2. The fraction of sp³-hybridized carbons (Fsp3) is 0.321. The Balaban J connectivity index is 1.41. The van der Waals surface area contributed by atoms with Gasteiger partial charge in [0.1, 0.15) is 0 Å². The van der Waals surface area contributed by atoms with Crippen LogP contribution in [0.5, 0.6) is 0 Å². The van der Waals surface area contributed by atoms with Gasteiger partial charge in [0, 0.05) is 49.1 Å². The fourth-order valence-electron chi connectivity index (χ4n) is 4.52. The molecule has 2 amide bonds. The largest absolute Gasteiger partial charge is 0.355 e. The number of benzene rings is 2. The first-order valence-corrected chi connectivity index (χ1v) is 14.7. The number of aromatic nitrogens is 1. The molecule has 8 nitrogen and oxygen atoms in total. The summed E-state index contributed by atoms with van der Waals surface area (Å²) >= 11 is 6.03. The second-order valence-electron chi connectivity index (χ2n) is 9.68. The van der Waals surface area contributed by atoms with Gasteiger partial charge in [0.25, 0.3) is 5.91 Å². The predicted molar refractivity (Wildman–Crippen MR) is 149 cm³/mol. The standard InChI is InChI=1S/C28H31ClN4O4S/c1-19-5-3-6-21(13-19)17-30-26(34)14-20-9-11-33(12-10-20)27-25(16-24(18-31-27)38(2,36)37)32-28(35)22-7-4-8-23(29)15-22/h3-8,13,15-16,18,20H,9-12,14,17H2,1-2H3,(H,30,34)(H,32,35). The molecule has 0 spiro atoms. The third kappa shape index (κ3) is 7.33. The van der Waals surface area contributed by atoms with Crippen LogP contribution in [0.4, 0.5) is 11.5 Å². The number of hydrogen-bond donors (Lipinski definition) is 2. The summed E-state index contributed by atoms with van der Waals surface area (Å²) in [7, 11) is -3.53. The molecule has 1 saturated heterocycles. The normalized spacial score (nSPS) is 14.2. The van der Waals surface area contributed by atoms with Crippen molar-refractivity contribution < 1.29 is 18.0 Å². The number of amides is 2. The Morgan fingerprint density at radius 1 is 1.08 bits per heavy atom. The lowest BCUT2D eigenvalue weighted by atomic mass is 9.93. The van der Waals surface area contributed by atoms with E-state index in [-0.39, 0.29) is 16.7 Å². The molecule has 38 heavy (non-hydrogen) atoms. The van der Waals surface area contributed by atoms with E-state index in [2.05, 4.69) is 21.7 Å². The van der Waals surface area contributed by atoms with Gasteiger partial charge >= 0.3 is 0 Å². The molecule has 0 aliphatic carbocycles. The number of halogens is 1. The molecular weight excluding hydrogens is 524 g/mol. The van der Waals surface area contributed by atoms with Gasteiger partial charge in [0.05, 0.1) is 10.6 Å². The van der Waals surface area contributed by atoms with Crippen molar-refractivity contribution in [1.82, 2.24) is 10.3 Å². The summed E-state index contributed by atoms with van der Waals surface area (Å²) < 4.78 is 24.3. The number of hydrogen-bond acceptors (Lipinski definition) is 6. The highest BCUT2D eigenvalue weighted by Crippen LogP contribution is 2.31. The molecule has 1 aromatic heterocycles. The number of rotatable bonds is 8. The highest BCUT2D eigenvalue weighted by atomic mass is 35.5. The Morgan fingerprint density at radius 2 is 1.82 bits per heavy atom. The molecule has 0 radical (unpaired) electrons. The lowest BCUT2D eigenvalue weighted by molar-refractivity contribution is -0.122. The lowest BCUT2D eigenvalue weighted by Gasteiger charge is -2.33. The first kappa shape index (κ1) is 27.6. The van der Waals surface area contributed by atoms with Gasteiger partial charge in [-0.25, -0.2) is 13.4 Å². The Hall–Kier alpha value is -3.43.